The van der Waals surface area contributed by atoms with Gasteiger partial charge < -0.3 is 0 Å². The molecule has 0 saturated carbocycles. The van der Waals surface area contributed by atoms with Gasteiger partial charge in [-0.15, -0.1) is 0 Å². The van der Waals surface area contributed by atoms with Gasteiger partial charge in [-0.05, 0) is 29.8 Å². The maximum atomic E-state index is 13.6. The number of aromatic nitrogens is 5. The summed E-state index contributed by atoms with van der Waals surface area (Å²) in [4.78, 5) is 19.1. The molecule has 11 heteroatoms. The highest BCUT2D eigenvalue weighted by Crippen LogP contribution is 2.26. The van der Waals surface area contributed by atoms with Gasteiger partial charge in [0.2, 0.25) is 0 Å². The highest BCUT2D eigenvalue weighted by Gasteiger charge is 2.15. The fourth-order valence-corrected chi connectivity index (χ4v) is 3.36. The number of pyridine rings is 2. The van der Waals surface area contributed by atoms with Gasteiger partial charge in [0.05, 0.1) is 41.3 Å². The zero-order valence-corrected chi connectivity index (χ0v) is 15.5. The average Bonchev–Trinajstić information content (AvgIpc) is 3.35. The van der Waals surface area contributed by atoms with Crippen LogP contribution >= 0.6 is 0 Å². The number of halogens is 3. The van der Waals surface area contributed by atoms with Gasteiger partial charge in [0.25, 0.3) is 5.69 Å². The summed E-state index contributed by atoms with van der Waals surface area (Å²) in [6.07, 6.45) is 5.89. The van der Waals surface area contributed by atoms with Gasteiger partial charge >= 0.3 is 0 Å². The van der Waals surface area contributed by atoms with Crippen LogP contribution in [-0.4, -0.2) is 29.1 Å². The molecule has 0 radical (unpaired) electrons. The third kappa shape index (κ3) is 3.16. The smallest absolute Gasteiger partial charge is 0.286 e. The Kier molecular flexibility index (Phi) is 4.17. The van der Waals surface area contributed by atoms with E-state index < -0.39 is 22.4 Å². The Morgan fingerprint density at radius 1 is 0.968 bits per heavy atom. The fraction of sp³-hybridized carbons (Fsp3) is 0.0500. The normalized spacial score (nSPS) is 11.5. The Morgan fingerprint density at radius 3 is 2.48 bits per heavy atom. The van der Waals surface area contributed by atoms with Crippen LogP contribution in [0, 0.1) is 27.6 Å². The van der Waals surface area contributed by atoms with Gasteiger partial charge in [0.15, 0.2) is 17.5 Å². The second-order valence-corrected chi connectivity index (χ2v) is 6.81. The van der Waals surface area contributed by atoms with E-state index in [9.17, 15) is 23.3 Å². The number of fused-ring (bicyclic) bond motifs is 2. The van der Waals surface area contributed by atoms with Crippen LogP contribution in [0.25, 0.3) is 27.8 Å². The summed E-state index contributed by atoms with van der Waals surface area (Å²) in [5, 5.41) is 15.4. The van der Waals surface area contributed by atoms with Crippen molar-refractivity contribution in [3.05, 3.63) is 88.4 Å². The van der Waals surface area contributed by atoms with E-state index in [1.807, 2.05) is 0 Å². The van der Waals surface area contributed by atoms with Crippen molar-refractivity contribution in [3.63, 3.8) is 0 Å². The Morgan fingerprint density at radius 2 is 1.74 bits per heavy atom. The van der Waals surface area contributed by atoms with Gasteiger partial charge in [-0.2, -0.15) is 5.10 Å². The highest BCUT2D eigenvalue weighted by atomic mass is 19.2. The number of benzene rings is 1. The highest BCUT2D eigenvalue weighted by molar-refractivity contribution is 5.80. The minimum absolute atomic E-state index is 0.0820. The van der Waals surface area contributed by atoms with E-state index in [-0.39, 0.29) is 17.8 Å². The van der Waals surface area contributed by atoms with E-state index in [0.717, 1.165) is 12.1 Å². The van der Waals surface area contributed by atoms with Gasteiger partial charge in [0.1, 0.15) is 11.2 Å². The number of imidazole rings is 1. The van der Waals surface area contributed by atoms with Crippen LogP contribution in [0.2, 0.25) is 0 Å². The second kappa shape index (κ2) is 6.90. The number of hydrogen-bond donors (Lipinski definition) is 0. The standard InChI is InChI=1S/C20H11F3N6O2/c21-15-3-11(4-16(22)20(15)23)12-5-18-17(24-6-12)8-26-28(18)10-14-7-25-19-2-1-13(29(30)31)9-27(14)19/h1-9H,10H2. The minimum atomic E-state index is -1.54. The summed E-state index contributed by atoms with van der Waals surface area (Å²) in [7, 11) is 0. The minimum Gasteiger partial charge on any atom is -0.295 e. The van der Waals surface area contributed by atoms with Crippen molar-refractivity contribution in [1.82, 2.24) is 24.1 Å². The van der Waals surface area contributed by atoms with Crippen molar-refractivity contribution in [2.75, 3.05) is 0 Å². The molecule has 0 unspecified atom stereocenters. The molecule has 4 aromatic heterocycles. The topological polar surface area (TPSA) is 91.1 Å². The average molecular weight is 424 g/mol. The maximum absolute atomic E-state index is 13.6. The molecule has 0 fully saturated rings. The van der Waals surface area contributed by atoms with Crippen molar-refractivity contribution in [1.29, 1.82) is 0 Å². The lowest BCUT2D eigenvalue weighted by Gasteiger charge is -2.07. The summed E-state index contributed by atoms with van der Waals surface area (Å²) in [5.74, 6) is -4.13. The van der Waals surface area contributed by atoms with E-state index in [2.05, 4.69) is 15.1 Å². The van der Waals surface area contributed by atoms with Crippen LogP contribution in [0.15, 0.2) is 55.1 Å². The predicted octanol–water partition coefficient (Wildman–Crippen LogP) is 4.12. The largest absolute Gasteiger partial charge is 0.295 e. The third-order valence-corrected chi connectivity index (χ3v) is 4.90. The first-order valence-electron chi connectivity index (χ1n) is 8.97. The van der Waals surface area contributed by atoms with Crippen LogP contribution in [0.4, 0.5) is 18.9 Å². The van der Waals surface area contributed by atoms with Crippen LogP contribution in [0.1, 0.15) is 5.69 Å². The van der Waals surface area contributed by atoms with Crippen molar-refractivity contribution in [3.8, 4) is 11.1 Å². The molecule has 0 aliphatic heterocycles. The molecule has 31 heavy (non-hydrogen) atoms. The first-order chi connectivity index (χ1) is 14.9. The second-order valence-electron chi connectivity index (χ2n) is 6.81. The van der Waals surface area contributed by atoms with Crippen LogP contribution in [-0.2, 0) is 6.54 Å². The summed E-state index contributed by atoms with van der Waals surface area (Å²) in [6.45, 7) is 0.211. The van der Waals surface area contributed by atoms with E-state index in [0.29, 0.717) is 27.9 Å². The molecular formula is C20H11F3N6O2. The number of rotatable bonds is 4. The molecule has 0 amide bonds. The fourth-order valence-electron chi connectivity index (χ4n) is 3.36. The molecule has 0 N–H and O–H groups in total. The lowest BCUT2D eigenvalue weighted by atomic mass is 10.1. The molecule has 0 saturated heterocycles. The molecule has 0 spiro atoms. The van der Waals surface area contributed by atoms with Gasteiger partial charge in [-0.3, -0.25) is 24.2 Å². The summed E-state index contributed by atoms with van der Waals surface area (Å²) < 4.78 is 43.7. The third-order valence-electron chi connectivity index (χ3n) is 4.90. The first kappa shape index (κ1) is 18.7. The number of nitro groups is 1. The summed E-state index contributed by atoms with van der Waals surface area (Å²) in [5.41, 5.74) is 2.68. The molecule has 0 aliphatic carbocycles. The first-order valence-corrected chi connectivity index (χ1v) is 8.97. The lowest BCUT2D eigenvalue weighted by Crippen LogP contribution is -2.05. The lowest BCUT2D eigenvalue weighted by molar-refractivity contribution is -0.385. The molecule has 5 aromatic rings. The molecule has 0 aliphatic rings. The summed E-state index contributed by atoms with van der Waals surface area (Å²) in [6, 6.07) is 6.33. The van der Waals surface area contributed by atoms with Gasteiger partial charge in [0, 0.05) is 17.8 Å². The maximum Gasteiger partial charge on any atom is 0.286 e. The van der Waals surface area contributed by atoms with E-state index in [1.54, 1.807) is 27.4 Å². The van der Waals surface area contributed by atoms with Crippen molar-refractivity contribution < 1.29 is 18.1 Å². The molecule has 8 nitrogen and oxygen atoms in total. The van der Waals surface area contributed by atoms with E-state index >= 15 is 0 Å². The van der Waals surface area contributed by atoms with Crippen molar-refractivity contribution in [2.24, 2.45) is 0 Å². The zero-order valence-electron chi connectivity index (χ0n) is 15.5. The molecule has 0 atom stereocenters. The van der Waals surface area contributed by atoms with E-state index in [4.69, 9.17) is 0 Å². The SMILES string of the molecule is O=[N+]([O-])c1ccc2ncc(Cn3ncc4ncc(-c5cc(F)c(F)c(F)c5)cc43)n2c1. The van der Waals surface area contributed by atoms with Crippen LogP contribution in [0.3, 0.4) is 0 Å². The molecule has 1 aromatic carbocycles. The molecular weight excluding hydrogens is 413 g/mol. The Balaban J connectivity index is 1.57. The molecule has 154 valence electrons. The molecule has 5 rings (SSSR count). The van der Waals surface area contributed by atoms with Crippen molar-refractivity contribution >= 4 is 22.4 Å². The number of nitrogens with zero attached hydrogens (tertiary/aromatic N) is 6. The van der Waals surface area contributed by atoms with Gasteiger partial charge in [-0.1, -0.05) is 0 Å². The van der Waals surface area contributed by atoms with Crippen LogP contribution in [0.5, 0.6) is 0 Å². The van der Waals surface area contributed by atoms with Gasteiger partial charge in [-0.25, -0.2) is 18.2 Å². The molecule has 4 heterocycles. The predicted molar refractivity (Wildman–Crippen MR) is 104 cm³/mol. The van der Waals surface area contributed by atoms with Crippen molar-refractivity contribution in [2.45, 2.75) is 6.54 Å². The zero-order chi connectivity index (χ0) is 21.7. The number of hydrogen-bond acceptors (Lipinski definition) is 5. The summed E-state index contributed by atoms with van der Waals surface area (Å²) >= 11 is 0. The quantitative estimate of drug-likeness (QED) is 0.246. The van der Waals surface area contributed by atoms with Crippen LogP contribution < -0.4 is 0 Å². The molecule has 0 bridgehead atoms. The Labute approximate surface area is 171 Å². The Hall–Kier alpha value is -4.28. The Bertz CT molecular complexity index is 1470. The monoisotopic (exact) mass is 424 g/mol. The van der Waals surface area contributed by atoms with E-state index in [1.165, 1.54) is 24.7 Å².